The molecular weight excluding hydrogens is 134 g/mol. The summed E-state index contributed by atoms with van der Waals surface area (Å²) in [5.41, 5.74) is 2.00. The minimum Gasteiger partial charge on any atom is -0.362 e. The van der Waals surface area contributed by atoms with Gasteiger partial charge in [0.2, 0.25) is 0 Å². The SMILES string of the molecule is C=CN/C(=C/C=C\C)C(=C)C. The molecule has 1 nitrogen and oxygen atoms in total. The maximum absolute atomic E-state index is 3.81. The van der Waals surface area contributed by atoms with Gasteiger partial charge < -0.3 is 5.32 Å². The van der Waals surface area contributed by atoms with Crippen LogP contribution in [-0.2, 0) is 0 Å². The van der Waals surface area contributed by atoms with E-state index in [-0.39, 0.29) is 0 Å². The normalized spacial score (nSPS) is 11.6. The number of nitrogens with one attached hydrogen (secondary N) is 1. The summed E-state index contributed by atoms with van der Waals surface area (Å²) in [5, 5.41) is 2.99. The molecule has 0 bridgehead atoms. The lowest BCUT2D eigenvalue weighted by Crippen LogP contribution is -2.03. The highest BCUT2D eigenvalue weighted by Gasteiger charge is 1.90. The quantitative estimate of drug-likeness (QED) is 0.606. The molecule has 0 aliphatic carbocycles. The van der Waals surface area contributed by atoms with Gasteiger partial charge in [0.1, 0.15) is 0 Å². The van der Waals surface area contributed by atoms with Crippen molar-refractivity contribution in [1.29, 1.82) is 0 Å². The molecule has 0 spiro atoms. The highest BCUT2D eigenvalue weighted by molar-refractivity contribution is 5.29. The Morgan fingerprint density at radius 1 is 1.45 bits per heavy atom. The summed E-state index contributed by atoms with van der Waals surface area (Å²) < 4.78 is 0. The van der Waals surface area contributed by atoms with E-state index in [0.717, 1.165) is 11.3 Å². The first-order valence-electron chi connectivity index (χ1n) is 3.58. The van der Waals surface area contributed by atoms with E-state index in [1.165, 1.54) is 0 Å². The van der Waals surface area contributed by atoms with Crippen LogP contribution in [0.1, 0.15) is 13.8 Å². The molecule has 0 rings (SSSR count). The topological polar surface area (TPSA) is 12.0 Å². The summed E-state index contributed by atoms with van der Waals surface area (Å²) in [5.74, 6) is 0. The Kier molecular flexibility index (Phi) is 4.91. The predicted octanol–water partition coefficient (Wildman–Crippen LogP) is 2.76. The Hall–Kier alpha value is -1.24. The fourth-order valence-corrected chi connectivity index (χ4v) is 0.616. The summed E-state index contributed by atoms with van der Waals surface area (Å²) >= 11 is 0. The second kappa shape index (κ2) is 5.54. The van der Waals surface area contributed by atoms with Crippen LogP contribution in [0.2, 0.25) is 0 Å². The van der Waals surface area contributed by atoms with Gasteiger partial charge in [-0.1, -0.05) is 25.3 Å². The molecule has 0 aromatic carbocycles. The van der Waals surface area contributed by atoms with Crippen molar-refractivity contribution in [3.8, 4) is 0 Å². The fourth-order valence-electron chi connectivity index (χ4n) is 0.616. The standard InChI is InChI=1S/C10H15N/c1-5-7-8-10(9(3)4)11-6-2/h5-8,11H,2-3H2,1,4H3/b7-5-,10-8+. The number of hydrogen-bond donors (Lipinski definition) is 1. The molecule has 60 valence electrons. The van der Waals surface area contributed by atoms with E-state index in [1.54, 1.807) is 6.20 Å². The molecule has 0 fully saturated rings. The van der Waals surface area contributed by atoms with Crippen LogP contribution < -0.4 is 5.32 Å². The maximum Gasteiger partial charge on any atom is 0.0403 e. The molecular formula is C10H15N. The smallest absolute Gasteiger partial charge is 0.0403 e. The molecule has 0 radical (unpaired) electrons. The molecule has 0 saturated carbocycles. The van der Waals surface area contributed by atoms with Gasteiger partial charge in [-0.05, 0) is 31.7 Å². The lowest BCUT2D eigenvalue weighted by Gasteiger charge is -2.03. The Labute approximate surface area is 68.8 Å². The van der Waals surface area contributed by atoms with E-state index < -0.39 is 0 Å². The summed E-state index contributed by atoms with van der Waals surface area (Å²) in [7, 11) is 0. The third-order valence-electron chi connectivity index (χ3n) is 1.17. The van der Waals surface area contributed by atoms with Crippen molar-refractivity contribution in [2.24, 2.45) is 0 Å². The molecule has 1 N–H and O–H groups in total. The van der Waals surface area contributed by atoms with Gasteiger partial charge >= 0.3 is 0 Å². The van der Waals surface area contributed by atoms with Crippen LogP contribution in [0, 0.1) is 0 Å². The van der Waals surface area contributed by atoms with E-state index in [0.29, 0.717) is 0 Å². The molecule has 0 aromatic heterocycles. The molecule has 0 aliphatic rings. The van der Waals surface area contributed by atoms with Crippen LogP contribution in [0.4, 0.5) is 0 Å². The zero-order valence-electron chi connectivity index (χ0n) is 7.22. The minimum absolute atomic E-state index is 0.998. The second-order valence-electron chi connectivity index (χ2n) is 2.23. The van der Waals surface area contributed by atoms with E-state index in [4.69, 9.17) is 0 Å². The van der Waals surface area contributed by atoms with Crippen LogP contribution in [-0.4, -0.2) is 0 Å². The van der Waals surface area contributed by atoms with Gasteiger partial charge in [-0.2, -0.15) is 0 Å². The molecule has 0 atom stereocenters. The number of hydrogen-bond acceptors (Lipinski definition) is 1. The number of rotatable bonds is 4. The van der Waals surface area contributed by atoms with Crippen molar-refractivity contribution in [3.63, 3.8) is 0 Å². The zero-order valence-corrected chi connectivity index (χ0v) is 7.22. The van der Waals surface area contributed by atoms with Gasteiger partial charge in [-0.3, -0.25) is 0 Å². The van der Waals surface area contributed by atoms with Crippen molar-refractivity contribution in [2.45, 2.75) is 13.8 Å². The first kappa shape index (κ1) is 9.76. The summed E-state index contributed by atoms with van der Waals surface area (Å²) in [6.07, 6.45) is 7.53. The maximum atomic E-state index is 3.81. The van der Waals surface area contributed by atoms with E-state index in [9.17, 15) is 0 Å². The first-order chi connectivity index (χ1) is 5.22. The molecule has 0 saturated heterocycles. The third kappa shape index (κ3) is 4.20. The highest BCUT2D eigenvalue weighted by Crippen LogP contribution is 2.02. The summed E-state index contributed by atoms with van der Waals surface area (Å²) in [6.45, 7) is 11.3. The summed E-state index contributed by atoms with van der Waals surface area (Å²) in [4.78, 5) is 0. The zero-order chi connectivity index (χ0) is 8.69. The van der Waals surface area contributed by atoms with Gasteiger partial charge in [-0.25, -0.2) is 0 Å². The van der Waals surface area contributed by atoms with Crippen LogP contribution in [0.25, 0.3) is 0 Å². The Balaban J connectivity index is 4.31. The molecule has 0 heterocycles. The van der Waals surface area contributed by atoms with Gasteiger partial charge in [0.05, 0.1) is 0 Å². The van der Waals surface area contributed by atoms with Crippen LogP contribution in [0.3, 0.4) is 0 Å². The van der Waals surface area contributed by atoms with Gasteiger partial charge in [-0.15, -0.1) is 0 Å². The van der Waals surface area contributed by atoms with Crippen molar-refractivity contribution < 1.29 is 0 Å². The predicted molar refractivity (Wildman–Crippen MR) is 51.0 cm³/mol. The Morgan fingerprint density at radius 2 is 2.09 bits per heavy atom. The van der Waals surface area contributed by atoms with Gasteiger partial charge in [0.15, 0.2) is 0 Å². The van der Waals surface area contributed by atoms with Crippen molar-refractivity contribution in [1.82, 2.24) is 5.32 Å². The average molecular weight is 149 g/mol. The monoisotopic (exact) mass is 149 g/mol. The third-order valence-corrected chi connectivity index (χ3v) is 1.17. The first-order valence-corrected chi connectivity index (χ1v) is 3.58. The molecule has 11 heavy (non-hydrogen) atoms. The van der Waals surface area contributed by atoms with Crippen molar-refractivity contribution >= 4 is 0 Å². The highest BCUT2D eigenvalue weighted by atomic mass is 14.8. The van der Waals surface area contributed by atoms with E-state index in [1.807, 2.05) is 32.1 Å². The largest absolute Gasteiger partial charge is 0.362 e. The van der Waals surface area contributed by atoms with Crippen LogP contribution in [0.15, 0.2) is 48.9 Å². The van der Waals surface area contributed by atoms with E-state index in [2.05, 4.69) is 18.5 Å². The molecule has 0 aliphatic heterocycles. The summed E-state index contributed by atoms with van der Waals surface area (Å²) in [6, 6.07) is 0. The Morgan fingerprint density at radius 3 is 2.45 bits per heavy atom. The number of allylic oxidation sites excluding steroid dienone is 4. The van der Waals surface area contributed by atoms with Crippen LogP contribution >= 0.6 is 0 Å². The fraction of sp³-hybridized carbons (Fsp3) is 0.200. The molecule has 0 unspecified atom stereocenters. The lowest BCUT2D eigenvalue weighted by atomic mass is 10.2. The van der Waals surface area contributed by atoms with Crippen LogP contribution in [0.5, 0.6) is 0 Å². The lowest BCUT2D eigenvalue weighted by molar-refractivity contribution is 1.07. The van der Waals surface area contributed by atoms with Gasteiger partial charge in [0, 0.05) is 5.70 Å². The van der Waals surface area contributed by atoms with Crippen molar-refractivity contribution in [3.05, 3.63) is 48.9 Å². The minimum atomic E-state index is 0.998. The van der Waals surface area contributed by atoms with Gasteiger partial charge in [0.25, 0.3) is 0 Å². The average Bonchev–Trinajstić information content (AvgIpc) is 1.97. The Bertz CT molecular complexity index is 197. The van der Waals surface area contributed by atoms with Crippen molar-refractivity contribution in [2.75, 3.05) is 0 Å². The molecule has 1 heteroatoms. The molecule has 0 aromatic rings. The molecule has 0 amide bonds. The van der Waals surface area contributed by atoms with E-state index >= 15 is 0 Å². The second-order valence-corrected chi connectivity index (χ2v) is 2.23.